The zero-order valence-corrected chi connectivity index (χ0v) is 18.7. The second-order valence-electron chi connectivity index (χ2n) is 9.35. The Morgan fingerprint density at radius 3 is 2.22 bits per heavy atom. The predicted octanol–water partition coefficient (Wildman–Crippen LogP) is 4.09. The zero-order chi connectivity index (χ0) is 22.4. The number of likely N-dealkylation sites (tertiary alicyclic amines) is 1. The molecule has 1 saturated heterocycles. The highest BCUT2D eigenvalue weighted by Gasteiger charge is 2.46. The molecule has 2 atom stereocenters. The smallest absolute Gasteiger partial charge is 0.119 e. The second-order valence-corrected chi connectivity index (χ2v) is 9.35. The van der Waals surface area contributed by atoms with Gasteiger partial charge in [-0.15, -0.1) is 0 Å². The maximum absolute atomic E-state index is 12.0. The number of ether oxygens (including phenoxy) is 1. The fourth-order valence-electron chi connectivity index (χ4n) is 5.60. The maximum Gasteiger partial charge on any atom is 0.119 e. The van der Waals surface area contributed by atoms with E-state index in [1.165, 1.54) is 12.8 Å². The number of rotatable bonds is 8. The lowest BCUT2D eigenvalue weighted by atomic mass is 9.68. The molecular formula is C27H34N2O3. The molecule has 1 saturated carbocycles. The molecule has 32 heavy (non-hydrogen) atoms. The summed E-state index contributed by atoms with van der Waals surface area (Å²) in [4.78, 5) is 2.28. The molecule has 4 rings (SSSR count). The standard InChI is InChI=1S/C27H34N2O3/c28-18-21-10-12-26(13-11-21)32-20-25(30)19-29-16-14-24(15-17-29)27(31,23-8-4-5-9-23)22-6-2-1-3-7-22/h1-3,6-7,10-13,23-25,30-31H,4-5,8-9,14-17,19-20H2. The molecule has 2 unspecified atom stereocenters. The monoisotopic (exact) mass is 434 g/mol. The van der Waals surface area contributed by atoms with Gasteiger partial charge in [-0.2, -0.15) is 5.26 Å². The van der Waals surface area contributed by atoms with Crippen LogP contribution in [-0.2, 0) is 5.60 Å². The molecule has 1 heterocycles. The van der Waals surface area contributed by atoms with Gasteiger partial charge in [0.2, 0.25) is 0 Å². The molecule has 0 radical (unpaired) electrons. The number of hydrogen-bond donors (Lipinski definition) is 2. The molecule has 170 valence electrons. The van der Waals surface area contributed by atoms with Gasteiger partial charge in [-0.3, -0.25) is 0 Å². The van der Waals surface area contributed by atoms with Gasteiger partial charge in [-0.1, -0.05) is 43.2 Å². The van der Waals surface area contributed by atoms with Crippen LogP contribution >= 0.6 is 0 Å². The van der Waals surface area contributed by atoms with Crippen molar-refractivity contribution in [3.63, 3.8) is 0 Å². The van der Waals surface area contributed by atoms with Crippen molar-refractivity contribution >= 4 is 0 Å². The fourth-order valence-corrected chi connectivity index (χ4v) is 5.60. The molecule has 5 heteroatoms. The Morgan fingerprint density at radius 2 is 1.59 bits per heavy atom. The lowest BCUT2D eigenvalue weighted by Crippen LogP contribution is -2.48. The van der Waals surface area contributed by atoms with Crippen molar-refractivity contribution in [1.29, 1.82) is 5.26 Å². The van der Waals surface area contributed by atoms with Crippen LogP contribution in [0.3, 0.4) is 0 Å². The molecule has 0 bridgehead atoms. The molecule has 2 aliphatic rings. The third-order valence-electron chi connectivity index (χ3n) is 7.32. The topological polar surface area (TPSA) is 76.7 Å². The van der Waals surface area contributed by atoms with Crippen molar-refractivity contribution < 1.29 is 14.9 Å². The SMILES string of the molecule is N#Cc1ccc(OCC(O)CN2CCC(C(O)(c3ccccc3)C3CCCC3)CC2)cc1. The minimum Gasteiger partial charge on any atom is -0.491 e. The molecule has 2 aromatic rings. The summed E-state index contributed by atoms with van der Waals surface area (Å²) >= 11 is 0. The zero-order valence-electron chi connectivity index (χ0n) is 18.7. The minimum atomic E-state index is -0.749. The average molecular weight is 435 g/mol. The van der Waals surface area contributed by atoms with Crippen molar-refractivity contribution in [3.05, 3.63) is 65.7 Å². The Labute approximate surface area is 191 Å². The van der Waals surface area contributed by atoms with Crippen molar-refractivity contribution in [2.75, 3.05) is 26.2 Å². The van der Waals surface area contributed by atoms with Crippen molar-refractivity contribution in [1.82, 2.24) is 4.90 Å². The summed E-state index contributed by atoms with van der Waals surface area (Å²) in [5, 5.41) is 31.4. The molecule has 0 aromatic heterocycles. The van der Waals surface area contributed by atoms with Crippen LogP contribution < -0.4 is 4.74 Å². The average Bonchev–Trinajstić information content (AvgIpc) is 3.39. The summed E-state index contributed by atoms with van der Waals surface area (Å²) in [5.74, 6) is 1.25. The Balaban J connectivity index is 1.31. The van der Waals surface area contributed by atoms with Gasteiger partial charge in [0.05, 0.1) is 17.2 Å². The van der Waals surface area contributed by atoms with Gasteiger partial charge in [-0.05, 0) is 80.4 Å². The minimum absolute atomic E-state index is 0.224. The van der Waals surface area contributed by atoms with Crippen LogP contribution in [0, 0.1) is 23.2 Å². The first-order valence-electron chi connectivity index (χ1n) is 11.9. The first-order valence-corrected chi connectivity index (χ1v) is 11.9. The Kier molecular flexibility index (Phi) is 7.47. The number of β-amino-alcohol motifs (C(OH)–C–C–N with tert-alkyl or cyclic N) is 1. The molecule has 5 nitrogen and oxygen atoms in total. The third-order valence-corrected chi connectivity index (χ3v) is 7.32. The Bertz CT molecular complexity index is 881. The van der Waals surface area contributed by atoms with E-state index in [4.69, 9.17) is 10.00 Å². The molecule has 2 N–H and O–H groups in total. The van der Waals surface area contributed by atoms with Crippen LogP contribution in [0.25, 0.3) is 0 Å². The highest BCUT2D eigenvalue weighted by Crippen LogP contribution is 2.48. The van der Waals surface area contributed by atoms with Crippen LogP contribution in [0.5, 0.6) is 5.75 Å². The molecule has 1 aliphatic carbocycles. The highest BCUT2D eigenvalue weighted by molar-refractivity contribution is 5.34. The number of piperidine rings is 1. The number of benzene rings is 2. The molecule has 0 spiro atoms. The number of nitrogens with zero attached hydrogens (tertiary/aromatic N) is 2. The second kappa shape index (κ2) is 10.5. The highest BCUT2D eigenvalue weighted by atomic mass is 16.5. The van der Waals surface area contributed by atoms with Crippen LogP contribution in [0.1, 0.15) is 49.7 Å². The molecular weight excluding hydrogens is 400 g/mol. The van der Waals surface area contributed by atoms with E-state index in [0.29, 0.717) is 23.8 Å². The number of aliphatic hydroxyl groups excluding tert-OH is 1. The van der Waals surface area contributed by atoms with Gasteiger partial charge >= 0.3 is 0 Å². The van der Waals surface area contributed by atoms with Crippen LogP contribution in [0.15, 0.2) is 54.6 Å². The van der Waals surface area contributed by atoms with Crippen molar-refractivity contribution in [2.45, 2.75) is 50.2 Å². The summed E-state index contributed by atoms with van der Waals surface area (Å²) < 4.78 is 5.68. The van der Waals surface area contributed by atoms with Gasteiger partial charge < -0.3 is 19.8 Å². The van der Waals surface area contributed by atoms with E-state index in [1.54, 1.807) is 24.3 Å². The quantitative estimate of drug-likeness (QED) is 0.654. The van der Waals surface area contributed by atoms with E-state index in [9.17, 15) is 10.2 Å². The Morgan fingerprint density at radius 1 is 0.969 bits per heavy atom. The van der Waals surface area contributed by atoms with Crippen LogP contribution in [0.2, 0.25) is 0 Å². The Hall–Kier alpha value is -2.39. The largest absolute Gasteiger partial charge is 0.491 e. The van der Waals surface area contributed by atoms with E-state index >= 15 is 0 Å². The summed E-state index contributed by atoms with van der Waals surface area (Å²) in [6.07, 6.45) is 5.93. The summed E-state index contributed by atoms with van der Waals surface area (Å²) in [6.45, 7) is 2.54. The normalized spacial score (nSPS) is 21.0. The number of aliphatic hydroxyl groups is 2. The first-order chi connectivity index (χ1) is 15.6. The number of nitriles is 1. The van der Waals surface area contributed by atoms with E-state index in [0.717, 1.165) is 44.3 Å². The predicted molar refractivity (Wildman–Crippen MR) is 124 cm³/mol. The maximum atomic E-state index is 12.0. The van der Waals surface area contributed by atoms with Gasteiger partial charge in [0, 0.05) is 6.54 Å². The first kappa shape index (κ1) is 22.8. The summed E-state index contributed by atoms with van der Waals surface area (Å²) in [6, 6.07) is 19.3. The van der Waals surface area contributed by atoms with Crippen LogP contribution in [-0.4, -0.2) is 47.5 Å². The van der Waals surface area contributed by atoms with E-state index in [2.05, 4.69) is 23.1 Å². The molecule has 2 fully saturated rings. The molecule has 2 aromatic carbocycles. The molecule has 1 aliphatic heterocycles. The van der Waals surface area contributed by atoms with E-state index in [-0.39, 0.29) is 12.5 Å². The number of hydrogen-bond acceptors (Lipinski definition) is 5. The van der Waals surface area contributed by atoms with Gasteiger partial charge in [0.1, 0.15) is 18.5 Å². The van der Waals surface area contributed by atoms with E-state index < -0.39 is 11.7 Å². The molecule has 0 amide bonds. The van der Waals surface area contributed by atoms with E-state index in [1.807, 2.05) is 18.2 Å². The van der Waals surface area contributed by atoms with Crippen molar-refractivity contribution in [3.8, 4) is 11.8 Å². The fraction of sp³-hybridized carbons (Fsp3) is 0.519. The lowest BCUT2D eigenvalue weighted by molar-refractivity contribution is -0.0953. The summed E-state index contributed by atoms with van der Waals surface area (Å²) in [5.41, 5.74) is 0.913. The van der Waals surface area contributed by atoms with Gasteiger partial charge in [0.25, 0.3) is 0 Å². The summed E-state index contributed by atoms with van der Waals surface area (Å²) in [7, 11) is 0. The van der Waals surface area contributed by atoms with Gasteiger partial charge in [-0.25, -0.2) is 0 Å². The lowest BCUT2D eigenvalue weighted by Gasteiger charge is -2.45. The third kappa shape index (κ3) is 5.15. The van der Waals surface area contributed by atoms with Crippen molar-refractivity contribution in [2.24, 2.45) is 11.8 Å². The van der Waals surface area contributed by atoms with Crippen LogP contribution in [0.4, 0.5) is 0 Å². The van der Waals surface area contributed by atoms with Gasteiger partial charge in [0.15, 0.2) is 0 Å².